The van der Waals surface area contributed by atoms with E-state index in [1.54, 1.807) is 23.1 Å². The summed E-state index contributed by atoms with van der Waals surface area (Å²) in [6.07, 6.45) is 4.98. The second-order valence-electron chi connectivity index (χ2n) is 12.4. The Kier molecular flexibility index (Phi) is 6.12. The summed E-state index contributed by atoms with van der Waals surface area (Å²) >= 11 is 12.3. The number of ether oxygens (including phenoxy) is 2. The smallest absolute Gasteiger partial charge is 0.303 e. The molecule has 2 heterocycles. The van der Waals surface area contributed by atoms with Crippen LogP contribution in [0.3, 0.4) is 0 Å². The first-order valence-electron chi connectivity index (χ1n) is 14.3. The van der Waals surface area contributed by atoms with Gasteiger partial charge in [0.15, 0.2) is 11.5 Å². The number of carbonyl (C=O) groups is 2. The number of likely N-dealkylation sites (tertiary alicyclic amines) is 1. The number of phenols is 1. The maximum atomic E-state index is 13.7. The van der Waals surface area contributed by atoms with Gasteiger partial charge in [0.25, 0.3) is 0 Å². The van der Waals surface area contributed by atoms with E-state index < -0.39 is 17.1 Å². The summed E-state index contributed by atoms with van der Waals surface area (Å²) in [4.78, 5) is 30.8. The lowest BCUT2D eigenvalue weighted by atomic mass is 9.48. The van der Waals surface area contributed by atoms with Crippen molar-refractivity contribution in [2.75, 3.05) is 20.1 Å². The molecule has 2 aliphatic heterocycles. The molecule has 3 fully saturated rings. The third-order valence-corrected chi connectivity index (χ3v) is 11.0. The van der Waals surface area contributed by atoms with Crippen molar-refractivity contribution in [1.29, 1.82) is 0 Å². The van der Waals surface area contributed by atoms with Crippen molar-refractivity contribution < 1.29 is 24.2 Å². The van der Waals surface area contributed by atoms with Crippen molar-refractivity contribution in [3.63, 3.8) is 0 Å². The van der Waals surface area contributed by atoms with Crippen LogP contribution in [0.5, 0.6) is 11.5 Å². The number of amides is 1. The topological polar surface area (TPSA) is 79.3 Å². The Labute approximate surface area is 244 Å². The summed E-state index contributed by atoms with van der Waals surface area (Å²) < 4.78 is 13.2. The Morgan fingerprint density at radius 1 is 1.15 bits per heavy atom. The van der Waals surface area contributed by atoms with Gasteiger partial charge in [-0.3, -0.25) is 14.5 Å². The van der Waals surface area contributed by atoms with Crippen molar-refractivity contribution in [2.24, 2.45) is 5.92 Å². The van der Waals surface area contributed by atoms with Gasteiger partial charge in [-0.2, -0.15) is 0 Å². The molecule has 1 amide bonds. The Bertz CT molecular complexity index is 1410. The molecule has 7 nitrogen and oxygen atoms in total. The van der Waals surface area contributed by atoms with Gasteiger partial charge < -0.3 is 19.5 Å². The first-order valence-corrected chi connectivity index (χ1v) is 15.1. The van der Waals surface area contributed by atoms with Crippen molar-refractivity contribution in [2.45, 2.75) is 81.1 Å². The Hall–Kier alpha value is -2.48. The maximum absolute atomic E-state index is 13.7. The molecule has 2 aromatic carbocycles. The SMILES string of the molecule is CC(=O)O[C@@]12CC[C@H](N(C)C(=O)Cc3ccc(Cl)c(Cl)c3)[C@@H]3Oc4c(O)ccc5c4[C@@]31CCN(CC1CC1)[C@@H]2C5. The van der Waals surface area contributed by atoms with E-state index in [-0.39, 0.29) is 36.1 Å². The number of nitrogens with zero attached hydrogens (tertiary/aromatic N) is 2. The van der Waals surface area contributed by atoms with E-state index in [0.717, 1.165) is 42.6 Å². The zero-order valence-corrected chi connectivity index (χ0v) is 24.3. The molecule has 0 unspecified atom stereocenters. The monoisotopic (exact) mass is 584 g/mol. The third-order valence-electron chi connectivity index (χ3n) is 10.2. The highest BCUT2D eigenvalue weighted by atomic mass is 35.5. The van der Waals surface area contributed by atoms with Crippen LogP contribution >= 0.6 is 23.2 Å². The molecular weight excluding hydrogens is 551 g/mol. The number of benzene rings is 2. The standard InChI is InChI=1S/C31H34Cl2N2O5/c1-17(36)40-31-10-9-23(34(2)26(38)14-19-5-7-21(32)22(33)13-19)29-30(31)11-12-35(16-18-3-4-18)25(31)15-20-6-8-24(37)28(39-29)27(20)30/h5-8,13,18,23,25,29,37H,3-4,9-12,14-16H2,1-2H3/t23-,25+,29-,30-,31+/m0/s1. The molecule has 1 N–H and O–H groups in total. The molecule has 2 bridgehead atoms. The van der Waals surface area contributed by atoms with Gasteiger partial charge in [0.2, 0.25) is 5.91 Å². The first-order chi connectivity index (χ1) is 19.1. The van der Waals surface area contributed by atoms with Crippen LogP contribution in [0.1, 0.15) is 55.7 Å². The number of esters is 1. The van der Waals surface area contributed by atoms with Gasteiger partial charge in [-0.05, 0) is 80.3 Å². The summed E-state index contributed by atoms with van der Waals surface area (Å²) in [7, 11) is 1.83. The first kappa shape index (κ1) is 26.4. The van der Waals surface area contributed by atoms with Crippen LogP contribution in [-0.2, 0) is 32.6 Å². The van der Waals surface area contributed by atoms with Crippen molar-refractivity contribution >= 4 is 35.1 Å². The number of phenolic OH excluding ortho intramolecular Hbond substituents is 1. The van der Waals surface area contributed by atoms with E-state index in [9.17, 15) is 14.7 Å². The summed E-state index contributed by atoms with van der Waals surface area (Å²) in [6.45, 7) is 3.38. The quantitative estimate of drug-likeness (QED) is 0.486. The predicted octanol–water partition coefficient (Wildman–Crippen LogP) is 4.90. The molecule has 7 rings (SSSR count). The van der Waals surface area contributed by atoms with Gasteiger partial charge >= 0.3 is 5.97 Å². The molecule has 212 valence electrons. The lowest BCUT2D eigenvalue weighted by Gasteiger charge is -2.65. The van der Waals surface area contributed by atoms with Crippen LogP contribution < -0.4 is 4.74 Å². The number of hydrogen-bond acceptors (Lipinski definition) is 6. The van der Waals surface area contributed by atoms with E-state index >= 15 is 0 Å². The highest BCUT2D eigenvalue weighted by molar-refractivity contribution is 6.42. The molecule has 1 saturated heterocycles. The number of halogens is 2. The number of carbonyl (C=O) groups excluding carboxylic acids is 2. The lowest BCUT2D eigenvalue weighted by molar-refractivity contribution is -0.223. The number of hydrogen-bond donors (Lipinski definition) is 1. The molecule has 5 aliphatic rings. The fraction of sp³-hybridized carbons (Fsp3) is 0.548. The van der Waals surface area contributed by atoms with Gasteiger partial charge in [-0.1, -0.05) is 35.3 Å². The summed E-state index contributed by atoms with van der Waals surface area (Å²) in [5.41, 5.74) is 1.49. The molecule has 1 spiro atoms. The molecule has 2 aromatic rings. The predicted molar refractivity (Wildman–Crippen MR) is 151 cm³/mol. The van der Waals surface area contributed by atoms with Crippen molar-refractivity contribution in [1.82, 2.24) is 9.80 Å². The summed E-state index contributed by atoms with van der Waals surface area (Å²) in [6, 6.07) is 8.75. The summed E-state index contributed by atoms with van der Waals surface area (Å²) in [5, 5.41) is 11.9. The van der Waals surface area contributed by atoms with E-state index in [4.69, 9.17) is 32.7 Å². The highest BCUT2D eigenvalue weighted by Gasteiger charge is 2.75. The van der Waals surface area contributed by atoms with E-state index in [0.29, 0.717) is 34.6 Å². The molecule has 9 heteroatoms. The van der Waals surface area contributed by atoms with E-state index in [1.807, 2.05) is 19.2 Å². The number of aromatic hydroxyl groups is 1. The average molecular weight is 586 g/mol. The van der Waals surface area contributed by atoms with Crippen molar-refractivity contribution in [3.05, 3.63) is 57.1 Å². The second kappa shape index (κ2) is 9.27. The zero-order valence-electron chi connectivity index (χ0n) is 22.8. The van der Waals surface area contributed by atoms with Crippen LogP contribution in [0.2, 0.25) is 10.0 Å². The van der Waals surface area contributed by atoms with Gasteiger partial charge in [-0.25, -0.2) is 0 Å². The van der Waals surface area contributed by atoms with Crippen LogP contribution in [0.4, 0.5) is 0 Å². The van der Waals surface area contributed by atoms with E-state index in [1.165, 1.54) is 19.8 Å². The Morgan fingerprint density at radius 3 is 2.67 bits per heavy atom. The third kappa shape index (κ3) is 3.73. The van der Waals surface area contributed by atoms with Gasteiger partial charge in [0, 0.05) is 26.1 Å². The van der Waals surface area contributed by atoms with Crippen LogP contribution in [0.15, 0.2) is 30.3 Å². The minimum Gasteiger partial charge on any atom is -0.504 e. The fourth-order valence-corrected chi connectivity index (χ4v) is 8.74. The number of piperidine rings is 1. The molecule has 0 aromatic heterocycles. The number of likely N-dealkylation sites (N-methyl/N-ethyl adjacent to an activating group) is 1. The second-order valence-corrected chi connectivity index (χ2v) is 13.2. The maximum Gasteiger partial charge on any atom is 0.303 e. The van der Waals surface area contributed by atoms with Crippen molar-refractivity contribution in [3.8, 4) is 11.5 Å². The van der Waals surface area contributed by atoms with Crippen LogP contribution in [0, 0.1) is 5.92 Å². The largest absolute Gasteiger partial charge is 0.504 e. The normalized spacial score (nSPS) is 31.8. The summed E-state index contributed by atoms with van der Waals surface area (Å²) in [5.74, 6) is 0.947. The van der Waals surface area contributed by atoms with Gasteiger partial charge in [0.05, 0.1) is 34.0 Å². The Balaban J connectivity index is 1.30. The van der Waals surface area contributed by atoms with Gasteiger partial charge in [-0.15, -0.1) is 0 Å². The lowest BCUT2D eigenvalue weighted by Crippen LogP contribution is -2.79. The molecule has 3 aliphatic carbocycles. The number of rotatable bonds is 6. The highest BCUT2D eigenvalue weighted by Crippen LogP contribution is 2.67. The molecule has 0 radical (unpaired) electrons. The van der Waals surface area contributed by atoms with Crippen LogP contribution in [0.25, 0.3) is 0 Å². The average Bonchev–Trinajstić information content (AvgIpc) is 3.65. The van der Waals surface area contributed by atoms with Crippen LogP contribution in [-0.4, -0.2) is 70.7 Å². The minimum atomic E-state index is -0.785. The fourth-order valence-electron chi connectivity index (χ4n) is 8.42. The van der Waals surface area contributed by atoms with Gasteiger partial charge in [0.1, 0.15) is 11.7 Å². The molecule has 40 heavy (non-hydrogen) atoms. The molecular formula is C31H34Cl2N2O5. The Morgan fingerprint density at radius 2 is 1.95 bits per heavy atom. The minimum absolute atomic E-state index is 0.0259. The zero-order chi connectivity index (χ0) is 28.0. The molecule has 2 saturated carbocycles. The molecule has 5 atom stereocenters. The van der Waals surface area contributed by atoms with E-state index in [2.05, 4.69) is 4.90 Å².